The number of allylic oxidation sites excluding steroid dienone is 6. The summed E-state index contributed by atoms with van der Waals surface area (Å²) in [7, 11) is 0. The van der Waals surface area contributed by atoms with Gasteiger partial charge in [-0.05, 0) is 64.2 Å². The van der Waals surface area contributed by atoms with E-state index in [1.54, 1.807) is 0 Å². The van der Waals surface area contributed by atoms with Gasteiger partial charge in [0.05, 0.1) is 25.2 Å². The van der Waals surface area contributed by atoms with Crippen molar-refractivity contribution >= 4 is 11.9 Å². The van der Waals surface area contributed by atoms with Crippen LogP contribution in [0, 0.1) is 0 Å². The first kappa shape index (κ1) is 68.1. The molecule has 1 amide bonds. The third kappa shape index (κ3) is 52.4. The fourth-order valence-corrected chi connectivity index (χ4v) is 9.73. The van der Waals surface area contributed by atoms with Gasteiger partial charge in [0, 0.05) is 6.42 Å². The van der Waals surface area contributed by atoms with Gasteiger partial charge in [-0.2, -0.15) is 0 Å². The van der Waals surface area contributed by atoms with Gasteiger partial charge in [-0.25, -0.2) is 0 Å². The average Bonchev–Trinajstić information content (AvgIpc) is 3.35. The van der Waals surface area contributed by atoms with E-state index in [4.69, 9.17) is 4.74 Å². The molecule has 0 heterocycles. The zero-order valence-electron chi connectivity index (χ0n) is 47.2. The van der Waals surface area contributed by atoms with Gasteiger partial charge in [0.25, 0.3) is 0 Å². The van der Waals surface area contributed by atoms with E-state index in [-0.39, 0.29) is 24.9 Å². The van der Waals surface area contributed by atoms with Gasteiger partial charge in [0.2, 0.25) is 5.91 Å². The average molecular weight is 985 g/mol. The summed E-state index contributed by atoms with van der Waals surface area (Å²) in [5, 5.41) is 23.9. The number of nitrogens with one attached hydrogen (secondary N) is 1. The number of aliphatic hydroxyl groups is 2. The Bertz CT molecular complexity index is 1150. The Hall–Kier alpha value is -1.92. The van der Waals surface area contributed by atoms with Crippen molar-refractivity contribution < 1.29 is 24.5 Å². The molecule has 0 aromatic heterocycles. The SMILES string of the molecule is CCCCC/C=C\C/C=C\C/C=C\CCCCCCC(CC(=O)NC(CO)C(O)CCCCCCCCCCCCCCCCC)OC(=O)CCCCCCCCCCCCCCCCCCCCC. The summed E-state index contributed by atoms with van der Waals surface area (Å²) in [5.74, 6) is -0.475. The highest BCUT2D eigenvalue weighted by atomic mass is 16.5. The van der Waals surface area contributed by atoms with Gasteiger partial charge in [-0.1, -0.05) is 295 Å². The van der Waals surface area contributed by atoms with Gasteiger partial charge < -0.3 is 20.3 Å². The fourth-order valence-electron chi connectivity index (χ4n) is 9.73. The van der Waals surface area contributed by atoms with E-state index in [1.807, 2.05) is 0 Å². The van der Waals surface area contributed by atoms with Crippen LogP contribution in [-0.2, 0) is 14.3 Å². The molecule has 6 heteroatoms. The monoisotopic (exact) mass is 984 g/mol. The minimum absolute atomic E-state index is 0.0675. The van der Waals surface area contributed by atoms with Crippen LogP contribution in [-0.4, -0.2) is 46.9 Å². The molecule has 3 atom stereocenters. The van der Waals surface area contributed by atoms with Crippen LogP contribution in [0.1, 0.15) is 335 Å². The molecule has 0 aliphatic heterocycles. The Morgan fingerprint density at radius 3 is 1.13 bits per heavy atom. The van der Waals surface area contributed by atoms with E-state index >= 15 is 0 Å². The molecule has 6 nitrogen and oxygen atoms in total. The van der Waals surface area contributed by atoms with Crippen molar-refractivity contribution in [2.24, 2.45) is 0 Å². The summed E-state index contributed by atoms with van der Waals surface area (Å²) < 4.78 is 5.98. The van der Waals surface area contributed by atoms with Gasteiger partial charge in [0.15, 0.2) is 0 Å². The van der Waals surface area contributed by atoms with E-state index in [0.29, 0.717) is 19.3 Å². The van der Waals surface area contributed by atoms with E-state index < -0.39 is 18.2 Å². The predicted molar refractivity (Wildman–Crippen MR) is 306 cm³/mol. The topological polar surface area (TPSA) is 95.9 Å². The van der Waals surface area contributed by atoms with E-state index in [1.165, 1.54) is 212 Å². The van der Waals surface area contributed by atoms with Crippen LogP contribution in [0.4, 0.5) is 0 Å². The maximum Gasteiger partial charge on any atom is 0.306 e. The molecule has 70 heavy (non-hydrogen) atoms. The summed E-state index contributed by atoms with van der Waals surface area (Å²) in [6, 6.07) is -0.708. The van der Waals surface area contributed by atoms with Crippen LogP contribution in [0.25, 0.3) is 0 Å². The van der Waals surface area contributed by atoms with Crippen molar-refractivity contribution in [3.63, 3.8) is 0 Å². The second kappa shape index (κ2) is 58.0. The Balaban J connectivity index is 4.54. The lowest BCUT2D eigenvalue weighted by molar-refractivity contribution is -0.151. The summed E-state index contributed by atoms with van der Waals surface area (Å²) >= 11 is 0. The molecule has 3 unspecified atom stereocenters. The molecule has 0 aliphatic carbocycles. The molecule has 0 aliphatic rings. The Labute approximate surface area is 436 Å². The number of aliphatic hydroxyl groups excluding tert-OH is 2. The molecular weight excluding hydrogens is 863 g/mol. The lowest BCUT2D eigenvalue weighted by Crippen LogP contribution is -2.46. The number of hydrogen-bond acceptors (Lipinski definition) is 5. The number of esters is 1. The van der Waals surface area contributed by atoms with Crippen molar-refractivity contribution in [1.29, 1.82) is 0 Å². The molecule has 0 bridgehead atoms. The molecule has 0 fully saturated rings. The molecule has 0 spiro atoms. The third-order valence-electron chi connectivity index (χ3n) is 14.5. The van der Waals surface area contributed by atoms with Crippen molar-refractivity contribution in [2.75, 3.05) is 6.61 Å². The number of ether oxygens (including phenoxy) is 1. The van der Waals surface area contributed by atoms with Crippen LogP contribution in [0.15, 0.2) is 36.5 Å². The highest BCUT2D eigenvalue weighted by molar-refractivity contribution is 5.77. The van der Waals surface area contributed by atoms with Crippen molar-refractivity contribution in [2.45, 2.75) is 354 Å². The summed E-state index contributed by atoms with van der Waals surface area (Å²) in [6.07, 6.45) is 70.7. The lowest BCUT2D eigenvalue weighted by atomic mass is 10.0. The molecule has 0 radical (unpaired) electrons. The zero-order chi connectivity index (χ0) is 50.9. The van der Waals surface area contributed by atoms with E-state index in [0.717, 1.165) is 77.0 Å². The number of rotatable bonds is 57. The molecule has 0 aromatic carbocycles. The summed E-state index contributed by atoms with van der Waals surface area (Å²) in [4.78, 5) is 26.4. The largest absolute Gasteiger partial charge is 0.462 e. The molecule has 3 N–H and O–H groups in total. The maximum atomic E-state index is 13.3. The maximum absolute atomic E-state index is 13.3. The van der Waals surface area contributed by atoms with Gasteiger partial charge in [-0.15, -0.1) is 0 Å². The normalized spacial score (nSPS) is 13.3. The quantitative estimate of drug-likeness (QED) is 0.0321. The molecule has 0 rings (SSSR count). The first-order chi connectivity index (χ1) is 34.5. The second-order valence-electron chi connectivity index (χ2n) is 21.5. The molecule has 0 aromatic rings. The summed E-state index contributed by atoms with van der Waals surface area (Å²) in [6.45, 7) is 6.50. The van der Waals surface area contributed by atoms with Gasteiger partial charge in [-0.3, -0.25) is 9.59 Å². The van der Waals surface area contributed by atoms with Crippen LogP contribution in [0.2, 0.25) is 0 Å². The zero-order valence-corrected chi connectivity index (χ0v) is 47.2. The highest BCUT2D eigenvalue weighted by Crippen LogP contribution is 2.19. The Kier molecular flexibility index (Phi) is 56.4. The van der Waals surface area contributed by atoms with Crippen molar-refractivity contribution in [3.05, 3.63) is 36.5 Å². The first-order valence-corrected chi connectivity index (χ1v) is 31.2. The summed E-state index contributed by atoms with van der Waals surface area (Å²) in [5.41, 5.74) is 0. The van der Waals surface area contributed by atoms with E-state index in [2.05, 4.69) is 62.5 Å². The molecule has 412 valence electrons. The molecular formula is C64H121NO5. The first-order valence-electron chi connectivity index (χ1n) is 31.2. The van der Waals surface area contributed by atoms with Crippen LogP contribution in [0.5, 0.6) is 0 Å². The third-order valence-corrected chi connectivity index (χ3v) is 14.5. The lowest BCUT2D eigenvalue weighted by Gasteiger charge is -2.24. The van der Waals surface area contributed by atoms with Gasteiger partial charge in [0.1, 0.15) is 6.10 Å². The minimum Gasteiger partial charge on any atom is -0.462 e. The Morgan fingerprint density at radius 1 is 0.414 bits per heavy atom. The Morgan fingerprint density at radius 2 is 0.729 bits per heavy atom. The number of carbonyl (C=O) groups is 2. The van der Waals surface area contributed by atoms with Gasteiger partial charge >= 0.3 is 5.97 Å². The number of amides is 1. The minimum atomic E-state index is -0.793. The smallest absolute Gasteiger partial charge is 0.306 e. The van der Waals surface area contributed by atoms with Crippen LogP contribution in [0.3, 0.4) is 0 Å². The van der Waals surface area contributed by atoms with Crippen molar-refractivity contribution in [3.8, 4) is 0 Å². The fraction of sp³-hybridized carbons (Fsp3) is 0.875. The molecule has 0 saturated heterocycles. The van der Waals surface area contributed by atoms with Crippen molar-refractivity contribution in [1.82, 2.24) is 5.32 Å². The van der Waals surface area contributed by atoms with Crippen LogP contribution < -0.4 is 5.32 Å². The predicted octanol–water partition coefficient (Wildman–Crippen LogP) is 19.6. The number of hydrogen-bond donors (Lipinski definition) is 3. The number of carbonyl (C=O) groups excluding carboxylic acids is 2. The van der Waals surface area contributed by atoms with Crippen LogP contribution >= 0.6 is 0 Å². The number of unbranched alkanes of at least 4 members (excludes halogenated alkanes) is 39. The standard InChI is InChI=1S/C64H121NO5/c1-4-7-10-13-16-19-22-25-28-30-31-33-36-39-42-45-48-51-54-57-64(69)70-60(55-52-49-46-43-40-37-35-32-29-26-23-20-17-14-11-8-5-2)58-63(68)65-61(59-66)62(67)56-53-50-47-44-41-38-34-27-24-21-18-15-12-9-6-3/h17,20,26,29,35,37,60-62,66-67H,4-16,18-19,21-25,27-28,30-34,36,38-59H2,1-3H3,(H,65,68)/b20-17-,29-26-,37-35-. The molecule has 0 saturated carbocycles. The highest BCUT2D eigenvalue weighted by Gasteiger charge is 2.24. The van der Waals surface area contributed by atoms with E-state index in [9.17, 15) is 19.8 Å². The second-order valence-corrected chi connectivity index (χ2v) is 21.5.